The van der Waals surface area contributed by atoms with Crippen molar-refractivity contribution in [2.45, 2.75) is 18.9 Å². The fourth-order valence-corrected chi connectivity index (χ4v) is 2.54. The van der Waals surface area contributed by atoms with Gasteiger partial charge in [-0.25, -0.2) is 4.39 Å². The molecule has 0 radical (unpaired) electrons. The molecule has 17 heavy (non-hydrogen) atoms. The molecule has 1 aliphatic heterocycles. The normalized spacial score (nSPS) is 20.8. The SMILES string of the molecule is CN1CCCC1CNc1cc(F)c(Br)cc1N. The van der Waals surface area contributed by atoms with Gasteiger partial charge in [0, 0.05) is 18.7 Å². The third-order valence-corrected chi connectivity index (χ3v) is 3.90. The maximum atomic E-state index is 13.4. The highest BCUT2D eigenvalue weighted by molar-refractivity contribution is 9.10. The van der Waals surface area contributed by atoms with Crippen molar-refractivity contribution in [1.29, 1.82) is 0 Å². The summed E-state index contributed by atoms with van der Waals surface area (Å²) in [6.45, 7) is 1.94. The van der Waals surface area contributed by atoms with Gasteiger partial charge in [0.15, 0.2) is 0 Å². The fraction of sp³-hybridized carbons (Fsp3) is 0.500. The molecule has 0 spiro atoms. The molecule has 2 rings (SSSR count). The van der Waals surface area contributed by atoms with Crippen LogP contribution >= 0.6 is 15.9 Å². The highest BCUT2D eigenvalue weighted by Gasteiger charge is 2.20. The smallest absolute Gasteiger partial charge is 0.139 e. The third-order valence-electron chi connectivity index (χ3n) is 3.29. The quantitative estimate of drug-likeness (QED) is 0.844. The highest BCUT2D eigenvalue weighted by atomic mass is 79.9. The van der Waals surface area contributed by atoms with Gasteiger partial charge in [0.1, 0.15) is 5.82 Å². The Bertz CT molecular complexity index is 411. The molecule has 0 bridgehead atoms. The summed E-state index contributed by atoms with van der Waals surface area (Å²) in [5.41, 5.74) is 7.08. The average molecular weight is 302 g/mol. The lowest BCUT2D eigenvalue weighted by molar-refractivity contribution is 0.322. The van der Waals surface area contributed by atoms with Crippen LogP contribution in [0.15, 0.2) is 16.6 Å². The first-order valence-electron chi connectivity index (χ1n) is 5.76. The number of benzene rings is 1. The topological polar surface area (TPSA) is 41.3 Å². The van der Waals surface area contributed by atoms with E-state index in [0.29, 0.717) is 21.9 Å². The van der Waals surface area contributed by atoms with E-state index in [-0.39, 0.29) is 5.82 Å². The first-order valence-corrected chi connectivity index (χ1v) is 6.56. The average Bonchev–Trinajstić information content (AvgIpc) is 2.68. The van der Waals surface area contributed by atoms with Crippen molar-refractivity contribution in [1.82, 2.24) is 4.90 Å². The van der Waals surface area contributed by atoms with E-state index in [1.807, 2.05) is 0 Å². The van der Waals surface area contributed by atoms with Crippen molar-refractivity contribution in [3.63, 3.8) is 0 Å². The molecule has 0 saturated carbocycles. The van der Waals surface area contributed by atoms with Crippen molar-refractivity contribution in [2.75, 3.05) is 31.2 Å². The van der Waals surface area contributed by atoms with Crippen LogP contribution in [0.3, 0.4) is 0 Å². The van der Waals surface area contributed by atoms with Crippen LogP contribution in [0.4, 0.5) is 15.8 Å². The molecule has 3 N–H and O–H groups in total. The van der Waals surface area contributed by atoms with Crippen molar-refractivity contribution in [3.8, 4) is 0 Å². The van der Waals surface area contributed by atoms with Gasteiger partial charge >= 0.3 is 0 Å². The minimum absolute atomic E-state index is 0.290. The van der Waals surface area contributed by atoms with E-state index in [4.69, 9.17) is 5.73 Å². The van der Waals surface area contributed by atoms with Gasteiger partial charge in [-0.1, -0.05) is 0 Å². The number of rotatable bonds is 3. The Morgan fingerprint density at radius 2 is 2.35 bits per heavy atom. The Morgan fingerprint density at radius 3 is 3.00 bits per heavy atom. The molecule has 3 nitrogen and oxygen atoms in total. The Morgan fingerprint density at radius 1 is 1.59 bits per heavy atom. The van der Waals surface area contributed by atoms with Crippen molar-refractivity contribution in [3.05, 3.63) is 22.4 Å². The Labute approximate surface area is 109 Å². The van der Waals surface area contributed by atoms with E-state index in [0.717, 1.165) is 13.1 Å². The van der Waals surface area contributed by atoms with E-state index in [1.165, 1.54) is 18.9 Å². The van der Waals surface area contributed by atoms with Crippen LogP contribution < -0.4 is 11.1 Å². The van der Waals surface area contributed by atoms with Gasteiger partial charge in [-0.05, 0) is 48.4 Å². The first-order chi connectivity index (χ1) is 8.08. The van der Waals surface area contributed by atoms with E-state index >= 15 is 0 Å². The lowest BCUT2D eigenvalue weighted by Crippen LogP contribution is -2.31. The number of anilines is 2. The number of nitrogens with two attached hydrogens (primary N) is 1. The second-order valence-corrected chi connectivity index (χ2v) is 5.37. The summed E-state index contributed by atoms with van der Waals surface area (Å²) in [7, 11) is 2.12. The molecule has 1 heterocycles. The van der Waals surface area contributed by atoms with Crippen LogP contribution in [0, 0.1) is 5.82 Å². The molecule has 0 aliphatic carbocycles. The van der Waals surface area contributed by atoms with Crippen molar-refractivity contribution in [2.24, 2.45) is 0 Å². The molecule has 1 unspecified atom stereocenters. The van der Waals surface area contributed by atoms with Crippen LogP contribution in [0.1, 0.15) is 12.8 Å². The standard InChI is InChI=1S/C12H17BrFN3/c1-17-4-2-3-8(17)7-16-12-6-10(14)9(13)5-11(12)15/h5-6,8,16H,2-4,7,15H2,1H3. The molecule has 1 atom stereocenters. The van der Waals surface area contributed by atoms with Gasteiger partial charge in [-0.15, -0.1) is 0 Å². The minimum atomic E-state index is -0.290. The summed E-state index contributed by atoms with van der Waals surface area (Å²) >= 11 is 3.12. The predicted molar refractivity (Wildman–Crippen MR) is 72.7 cm³/mol. The summed E-state index contributed by atoms with van der Waals surface area (Å²) in [6.07, 6.45) is 2.41. The van der Waals surface area contributed by atoms with Crippen LogP contribution in [-0.4, -0.2) is 31.1 Å². The first kappa shape index (κ1) is 12.6. The highest BCUT2D eigenvalue weighted by Crippen LogP contribution is 2.27. The van der Waals surface area contributed by atoms with Gasteiger partial charge in [0.05, 0.1) is 15.8 Å². The lowest BCUT2D eigenvalue weighted by Gasteiger charge is -2.21. The molecule has 1 aromatic carbocycles. The maximum absolute atomic E-state index is 13.4. The number of nitrogens with one attached hydrogen (secondary N) is 1. The van der Waals surface area contributed by atoms with E-state index < -0.39 is 0 Å². The molecular formula is C12H17BrFN3. The largest absolute Gasteiger partial charge is 0.397 e. The summed E-state index contributed by atoms with van der Waals surface area (Å²) in [5.74, 6) is -0.290. The maximum Gasteiger partial charge on any atom is 0.139 e. The van der Waals surface area contributed by atoms with Gasteiger partial charge in [-0.2, -0.15) is 0 Å². The number of likely N-dealkylation sites (tertiary alicyclic amines) is 1. The van der Waals surface area contributed by atoms with E-state index in [2.05, 4.69) is 33.2 Å². The van der Waals surface area contributed by atoms with Gasteiger partial charge < -0.3 is 16.0 Å². The molecule has 94 valence electrons. The number of halogens is 2. The fourth-order valence-electron chi connectivity index (χ4n) is 2.18. The zero-order valence-electron chi connectivity index (χ0n) is 9.84. The zero-order chi connectivity index (χ0) is 12.4. The number of hydrogen-bond acceptors (Lipinski definition) is 3. The molecule has 0 amide bonds. The molecular weight excluding hydrogens is 285 g/mol. The molecule has 1 aromatic rings. The second-order valence-electron chi connectivity index (χ2n) is 4.51. The monoisotopic (exact) mass is 301 g/mol. The second kappa shape index (κ2) is 5.23. The van der Waals surface area contributed by atoms with Crippen LogP contribution in [-0.2, 0) is 0 Å². The molecule has 1 aliphatic rings. The molecule has 0 aromatic heterocycles. The van der Waals surface area contributed by atoms with Crippen LogP contribution in [0.5, 0.6) is 0 Å². The summed E-state index contributed by atoms with van der Waals surface area (Å²) in [4.78, 5) is 2.32. The van der Waals surface area contributed by atoms with Crippen molar-refractivity contribution >= 4 is 27.3 Å². The lowest BCUT2D eigenvalue weighted by atomic mass is 10.2. The Balaban J connectivity index is 2.01. The third kappa shape index (κ3) is 2.90. The number of nitrogens with zero attached hydrogens (tertiary/aromatic N) is 1. The van der Waals surface area contributed by atoms with Crippen molar-refractivity contribution < 1.29 is 4.39 Å². The summed E-state index contributed by atoms with van der Waals surface area (Å²) < 4.78 is 13.8. The number of hydrogen-bond donors (Lipinski definition) is 2. The van der Waals surface area contributed by atoms with Gasteiger partial charge in [-0.3, -0.25) is 0 Å². The molecule has 5 heteroatoms. The summed E-state index contributed by atoms with van der Waals surface area (Å²) in [6, 6.07) is 3.55. The predicted octanol–water partition coefficient (Wildman–Crippen LogP) is 2.68. The Hall–Kier alpha value is -0.810. The minimum Gasteiger partial charge on any atom is -0.397 e. The van der Waals surface area contributed by atoms with Gasteiger partial charge in [0.2, 0.25) is 0 Å². The number of nitrogen functional groups attached to an aromatic ring is 1. The van der Waals surface area contributed by atoms with E-state index in [1.54, 1.807) is 6.07 Å². The van der Waals surface area contributed by atoms with Gasteiger partial charge in [0.25, 0.3) is 0 Å². The van der Waals surface area contributed by atoms with E-state index in [9.17, 15) is 4.39 Å². The Kier molecular flexibility index (Phi) is 3.89. The zero-order valence-corrected chi connectivity index (χ0v) is 11.4. The summed E-state index contributed by atoms with van der Waals surface area (Å²) in [5, 5.41) is 3.23. The van der Waals surface area contributed by atoms with Crippen LogP contribution in [0.25, 0.3) is 0 Å². The van der Waals surface area contributed by atoms with Crippen LogP contribution in [0.2, 0.25) is 0 Å². The molecule has 1 saturated heterocycles. The molecule has 1 fully saturated rings. The number of likely N-dealkylation sites (N-methyl/N-ethyl adjacent to an activating group) is 1.